The van der Waals surface area contributed by atoms with Gasteiger partial charge in [0.05, 0.1) is 30.5 Å². The summed E-state index contributed by atoms with van der Waals surface area (Å²) in [6.45, 7) is 0. The minimum Gasteiger partial charge on any atom is -0.469 e. The number of anilines is 1. The van der Waals surface area contributed by atoms with Gasteiger partial charge in [0, 0.05) is 21.4 Å². The number of amides is 2. The van der Waals surface area contributed by atoms with E-state index < -0.39 is 17.3 Å². The maximum absolute atomic E-state index is 12.7. The molecule has 1 aliphatic heterocycles. The Balaban J connectivity index is 1.71. The number of thioether (sulfide) groups is 1. The molecular weight excluding hydrogens is 435 g/mol. The maximum Gasteiger partial charge on any atom is 0.307 e. The molecule has 0 bridgehead atoms. The largest absolute Gasteiger partial charge is 0.469 e. The number of halogens is 2. The van der Waals surface area contributed by atoms with Crippen molar-refractivity contribution >= 4 is 58.4 Å². The Morgan fingerprint density at radius 3 is 2.72 bits per heavy atom. The van der Waals surface area contributed by atoms with Crippen LogP contribution in [0.5, 0.6) is 0 Å². The lowest BCUT2D eigenvalue weighted by Crippen LogP contribution is -2.37. The zero-order chi connectivity index (χ0) is 21.0. The summed E-state index contributed by atoms with van der Waals surface area (Å²) in [7, 11) is 1.28. The molecule has 1 heterocycles. The molecule has 2 aromatic rings. The van der Waals surface area contributed by atoms with Gasteiger partial charge in [-0.25, -0.2) is 0 Å². The van der Waals surface area contributed by atoms with Gasteiger partial charge in [-0.2, -0.15) is 0 Å². The van der Waals surface area contributed by atoms with Gasteiger partial charge in [0.15, 0.2) is 0 Å². The fourth-order valence-corrected chi connectivity index (χ4v) is 4.46. The van der Waals surface area contributed by atoms with Crippen LogP contribution in [-0.2, 0) is 19.1 Å². The van der Waals surface area contributed by atoms with Gasteiger partial charge in [-0.3, -0.25) is 14.4 Å². The summed E-state index contributed by atoms with van der Waals surface area (Å²) in [6.07, 6.45) is -0.127. The number of esters is 1. The topological polar surface area (TPSA) is 84.5 Å². The molecule has 2 aromatic carbocycles. The highest BCUT2D eigenvalue weighted by molar-refractivity contribution is 8.01. The average Bonchev–Trinajstić information content (AvgIpc) is 2.68. The van der Waals surface area contributed by atoms with E-state index in [0.29, 0.717) is 21.3 Å². The fourth-order valence-electron chi connectivity index (χ4n) is 2.93. The molecule has 2 amide bonds. The van der Waals surface area contributed by atoms with Crippen molar-refractivity contribution in [3.05, 3.63) is 58.1 Å². The fraction of sp³-hybridized carbons (Fsp3) is 0.250. The quantitative estimate of drug-likeness (QED) is 0.640. The summed E-state index contributed by atoms with van der Waals surface area (Å²) >= 11 is 13.5. The molecule has 29 heavy (non-hydrogen) atoms. The number of carbonyl (C=O) groups is 3. The molecular formula is C20H18Cl2N2O4S. The summed E-state index contributed by atoms with van der Waals surface area (Å²) in [5.74, 6) is -1.13. The minimum absolute atomic E-state index is 0.0549. The lowest BCUT2D eigenvalue weighted by atomic mass is 10.0. The van der Waals surface area contributed by atoms with Crippen molar-refractivity contribution in [2.45, 2.75) is 29.0 Å². The predicted molar refractivity (Wildman–Crippen MR) is 113 cm³/mol. The van der Waals surface area contributed by atoms with Crippen LogP contribution in [0.1, 0.15) is 24.4 Å². The second-order valence-corrected chi connectivity index (χ2v) is 8.45. The molecule has 9 heteroatoms. The van der Waals surface area contributed by atoms with E-state index in [2.05, 4.69) is 10.6 Å². The number of fused-ring (bicyclic) bond motifs is 1. The maximum atomic E-state index is 12.7. The Kier molecular flexibility index (Phi) is 7.05. The van der Waals surface area contributed by atoms with Crippen molar-refractivity contribution in [3.8, 4) is 0 Å². The highest BCUT2D eigenvalue weighted by atomic mass is 35.5. The number of methoxy groups -OCH3 is 1. The summed E-state index contributed by atoms with van der Waals surface area (Å²) in [6, 6.07) is 11.5. The van der Waals surface area contributed by atoms with E-state index >= 15 is 0 Å². The molecule has 0 aromatic heterocycles. The van der Waals surface area contributed by atoms with Crippen LogP contribution >= 0.6 is 35.0 Å². The van der Waals surface area contributed by atoms with Gasteiger partial charge in [0.25, 0.3) is 0 Å². The molecule has 1 aliphatic rings. The molecule has 0 aliphatic carbocycles. The van der Waals surface area contributed by atoms with Crippen LogP contribution < -0.4 is 10.6 Å². The molecule has 0 radical (unpaired) electrons. The molecule has 2 atom stereocenters. The number of carbonyl (C=O) groups excluding carboxylic acids is 3. The third-order valence-corrected chi connectivity index (χ3v) is 6.20. The predicted octanol–water partition coefficient (Wildman–Crippen LogP) is 4.22. The summed E-state index contributed by atoms with van der Waals surface area (Å²) in [4.78, 5) is 37.7. The number of nitrogens with one attached hydrogen (secondary N) is 2. The molecule has 0 spiro atoms. The first kappa shape index (κ1) is 21.5. The molecule has 152 valence electrons. The van der Waals surface area contributed by atoms with Crippen molar-refractivity contribution < 1.29 is 19.1 Å². The SMILES string of the molecule is COC(=O)CC(NC(=O)CC1Sc2ccc(Cl)cc2NC1=O)c1ccccc1Cl. The van der Waals surface area contributed by atoms with E-state index in [1.165, 1.54) is 18.9 Å². The van der Waals surface area contributed by atoms with Gasteiger partial charge < -0.3 is 15.4 Å². The van der Waals surface area contributed by atoms with Crippen LogP contribution in [0.4, 0.5) is 5.69 Å². The van der Waals surface area contributed by atoms with Crippen LogP contribution in [0.3, 0.4) is 0 Å². The highest BCUT2D eigenvalue weighted by Crippen LogP contribution is 2.38. The van der Waals surface area contributed by atoms with Gasteiger partial charge in [0.1, 0.15) is 0 Å². The van der Waals surface area contributed by atoms with Crippen LogP contribution in [0, 0.1) is 0 Å². The highest BCUT2D eigenvalue weighted by Gasteiger charge is 2.30. The number of hydrogen-bond donors (Lipinski definition) is 2. The minimum atomic E-state index is -0.661. The summed E-state index contributed by atoms with van der Waals surface area (Å²) in [5, 5.41) is 5.92. The van der Waals surface area contributed by atoms with Gasteiger partial charge >= 0.3 is 5.97 Å². The van der Waals surface area contributed by atoms with Crippen LogP contribution in [0.25, 0.3) is 0 Å². The van der Waals surface area contributed by atoms with E-state index in [0.717, 1.165) is 4.90 Å². The number of rotatable bonds is 6. The van der Waals surface area contributed by atoms with Crippen LogP contribution in [0.2, 0.25) is 10.0 Å². The van der Waals surface area contributed by atoms with Crippen molar-refractivity contribution in [3.63, 3.8) is 0 Å². The van der Waals surface area contributed by atoms with Gasteiger partial charge in [-0.05, 0) is 29.8 Å². The summed E-state index contributed by atoms with van der Waals surface area (Å²) < 4.78 is 4.73. The Morgan fingerprint density at radius 2 is 2.00 bits per heavy atom. The van der Waals surface area contributed by atoms with E-state index in [4.69, 9.17) is 27.9 Å². The van der Waals surface area contributed by atoms with Crippen molar-refractivity contribution in [1.82, 2.24) is 5.32 Å². The third kappa shape index (κ3) is 5.44. The number of ether oxygens (including phenoxy) is 1. The Hall–Kier alpha value is -2.22. The molecule has 2 unspecified atom stereocenters. The smallest absolute Gasteiger partial charge is 0.307 e. The van der Waals surface area contributed by atoms with E-state index in [1.54, 1.807) is 42.5 Å². The standard InChI is InChI=1S/C20H18Cl2N2O4S/c1-28-19(26)9-14(12-4-2-3-5-13(12)22)23-18(25)10-17-20(27)24-15-8-11(21)6-7-16(15)29-17/h2-8,14,17H,9-10H2,1H3,(H,23,25)(H,24,27). The van der Waals surface area contributed by atoms with Gasteiger partial charge in [-0.15, -0.1) is 11.8 Å². The second kappa shape index (κ2) is 9.52. The average molecular weight is 453 g/mol. The summed E-state index contributed by atoms with van der Waals surface area (Å²) in [5.41, 5.74) is 1.23. The van der Waals surface area contributed by atoms with Gasteiger partial charge in [0.2, 0.25) is 11.8 Å². The first-order chi connectivity index (χ1) is 13.9. The van der Waals surface area contributed by atoms with Crippen LogP contribution in [-0.4, -0.2) is 30.1 Å². The van der Waals surface area contributed by atoms with Gasteiger partial charge in [-0.1, -0.05) is 41.4 Å². The third-order valence-electron chi connectivity index (χ3n) is 4.35. The zero-order valence-corrected chi connectivity index (χ0v) is 17.7. The van der Waals surface area contributed by atoms with E-state index in [-0.39, 0.29) is 24.7 Å². The number of benzene rings is 2. The molecule has 0 saturated carbocycles. The lowest BCUT2D eigenvalue weighted by molar-refractivity contribution is -0.141. The van der Waals surface area contributed by atoms with E-state index in [1.807, 2.05) is 0 Å². The molecule has 6 nitrogen and oxygen atoms in total. The normalized spacial score (nSPS) is 16.4. The monoisotopic (exact) mass is 452 g/mol. The van der Waals surface area contributed by atoms with E-state index in [9.17, 15) is 14.4 Å². The zero-order valence-electron chi connectivity index (χ0n) is 15.4. The molecule has 0 saturated heterocycles. The number of hydrogen-bond acceptors (Lipinski definition) is 5. The van der Waals surface area contributed by atoms with Crippen molar-refractivity contribution in [2.75, 3.05) is 12.4 Å². The Bertz CT molecular complexity index is 954. The molecule has 0 fully saturated rings. The molecule has 3 rings (SSSR count). The lowest BCUT2D eigenvalue weighted by Gasteiger charge is -2.25. The first-order valence-corrected chi connectivity index (χ1v) is 10.4. The first-order valence-electron chi connectivity index (χ1n) is 8.75. The molecule has 2 N–H and O–H groups in total. The Morgan fingerprint density at radius 1 is 1.24 bits per heavy atom. The van der Waals surface area contributed by atoms with Crippen molar-refractivity contribution in [2.24, 2.45) is 0 Å². The second-order valence-electron chi connectivity index (χ2n) is 6.36. The van der Waals surface area contributed by atoms with Crippen molar-refractivity contribution in [1.29, 1.82) is 0 Å². The van der Waals surface area contributed by atoms with Crippen LogP contribution in [0.15, 0.2) is 47.4 Å². The Labute approximate surface area is 182 Å².